The molecule has 1 fully saturated rings. The van der Waals surface area contributed by atoms with Crippen LogP contribution in [0.4, 0.5) is 0 Å². The van der Waals surface area contributed by atoms with E-state index in [1.807, 2.05) is 53.7 Å². The summed E-state index contributed by atoms with van der Waals surface area (Å²) in [6.45, 7) is 6.36. The molecule has 3 rings (SSSR count). The quantitative estimate of drug-likeness (QED) is 0.813. The lowest BCUT2D eigenvalue weighted by Gasteiger charge is -2.34. The van der Waals surface area contributed by atoms with Gasteiger partial charge in [-0.15, -0.1) is 0 Å². The summed E-state index contributed by atoms with van der Waals surface area (Å²) in [5.41, 5.74) is 3.55. The van der Waals surface area contributed by atoms with Gasteiger partial charge in [-0.1, -0.05) is 24.3 Å². The van der Waals surface area contributed by atoms with E-state index < -0.39 is 0 Å². The average Bonchev–Trinajstić information content (AvgIpc) is 2.62. The van der Waals surface area contributed by atoms with E-state index in [2.05, 4.69) is 22.9 Å². The number of benzene rings is 1. The fourth-order valence-corrected chi connectivity index (χ4v) is 2.91. The van der Waals surface area contributed by atoms with Crippen molar-refractivity contribution >= 4 is 12.0 Å². The standard InChI is InChI=1S/C20H23N3O/c1-17-4-2-3-5-19(17)6-7-20(24)23-14-12-22(13-15-23)16-18-8-10-21-11-9-18/h2-11H,12-16H2,1H3/b7-6+. The van der Waals surface area contributed by atoms with Crippen molar-refractivity contribution in [1.29, 1.82) is 0 Å². The average molecular weight is 321 g/mol. The Bertz CT molecular complexity index is 704. The second-order valence-corrected chi connectivity index (χ2v) is 6.15. The van der Waals surface area contributed by atoms with Gasteiger partial charge in [-0.3, -0.25) is 14.7 Å². The van der Waals surface area contributed by atoms with Crippen LogP contribution in [0.2, 0.25) is 0 Å². The minimum absolute atomic E-state index is 0.0989. The fraction of sp³-hybridized carbons (Fsp3) is 0.300. The Morgan fingerprint density at radius 1 is 1.08 bits per heavy atom. The molecule has 24 heavy (non-hydrogen) atoms. The lowest BCUT2D eigenvalue weighted by atomic mass is 10.1. The van der Waals surface area contributed by atoms with Crippen LogP contribution in [0.25, 0.3) is 6.08 Å². The van der Waals surface area contributed by atoms with Crippen LogP contribution in [0.1, 0.15) is 16.7 Å². The largest absolute Gasteiger partial charge is 0.337 e. The summed E-state index contributed by atoms with van der Waals surface area (Å²) >= 11 is 0. The Morgan fingerprint density at radius 3 is 2.50 bits per heavy atom. The number of piperazine rings is 1. The summed E-state index contributed by atoms with van der Waals surface area (Å²) in [7, 11) is 0. The second-order valence-electron chi connectivity index (χ2n) is 6.15. The molecule has 2 aromatic rings. The number of rotatable bonds is 4. The fourth-order valence-electron chi connectivity index (χ4n) is 2.91. The summed E-state index contributed by atoms with van der Waals surface area (Å²) in [5, 5.41) is 0. The van der Waals surface area contributed by atoms with E-state index in [1.165, 1.54) is 11.1 Å². The van der Waals surface area contributed by atoms with Gasteiger partial charge in [-0.2, -0.15) is 0 Å². The highest BCUT2D eigenvalue weighted by atomic mass is 16.2. The lowest BCUT2D eigenvalue weighted by molar-refractivity contribution is -0.127. The molecule has 1 amide bonds. The zero-order valence-corrected chi connectivity index (χ0v) is 14.1. The minimum atomic E-state index is 0.0989. The zero-order valence-electron chi connectivity index (χ0n) is 14.1. The molecule has 0 radical (unpaired) electrons. The van der Waals surface area contributed by atoms with Gasteiger partial charge in [0.15, 0.2) is 0 Å². The van der Waals surface area contributed by atoms with Crippen molar-refractivity contribution in [2.45, 2.75) is 13.5 Å². The SMILES string of the molecule is Cc1ccccc1/C=C/C(=O)N1CCN(Cc2ccncc2)CC1. The van der Waals surface area contributed by atoms with E-state index in [0.29, 0.717) is 0 Å². The molecule has 0 unspecified atom stereocenters. The molecule has 0 bridgehead atoms. The van der Waals surface area contributed by atoms with Crippen molar-refractivity contribution in [2.24, 2.45) is 0 Å². The van der Waals surface area contributed by atoms with Crippen LogP contribution in [-0.2, 0) is 11.3 Å². The topological polar surface area (TPSA) is 36.4 Å². The molecule has 1 aliphatic rings. The number of aryl methyl sites for hydroxylation is 1. The highest BCUT2D eigenvalue weighted by Crippen LogP contribution is 2.11. The first-order valence-corrected chi connectivity index (χ1v) is 8.36. The third-order valence-corrected chi connectivity index (χ3v) is 4.43. The summed E-state index contributed by atoms with van der Waals surface area (Å²) in [6, 6.07) is 12.2. The number of pyridine rings is 1. The molecule has 0 spiro atoms. The first-order chi connectivity index (χ1) is 11.7. The number of amides is 1. The number of carbonyl (C=O) groups is 1. The number of aromatic nitrogens is 1. The maximum absolute atomic E-state index is 12.4. The van der Waals surface area contributed by atoms with Crippen LogP contribution in [0, 0.1) is 6.92 Å². The van der Waals surface area contributed by atoms with Gasteiger partial charge >= 0.3 is 0 Å². The van der Waals surface area contributed by atoms with Crippen LogP contribution in [-0.4, -0.2) is 46.9 Å². The third-order valence-electron chi connectivity index (χ3n) is 4.43. The Balaban J connectivity index is 1.51. The Labute approximate surface area is 143 Å². The van der Waals surface area contributed by atoms with Gasteiger partial charge in [0.05, 0.1) is 0 Å². The Kier molecular flexibility index (Phi) is 5.39. The van der Waals surface area contributed by atoms with E-state index in [9.17, 15) is 4.79 Å². The van der Waals surface area contributed by atoms with E-state index in [1.54, 1.807) is 6.08 Å². The monoisotopic (exact) mass is 321 g/mol. The molecule has 0 N–H and O–H groups in total. The molecule has 1 aromatic carbocycles. The van der Waals surface area contributed by atoms with Crippen molar-refractivity contribution in [3.63, 3.8) is 0 Å². The predicted octanol–water partition coefficient (Wildman–Crippen LogP) is 2.75. The second kappa shape index (κ2) is 7.88. The normalized spacial score (nSPS) is 15.8. The molecule has 0 saturated carbocycles. The first kappa shape index (κ1) is 16.4. The first-order valence-electron chi connectivity index (χ1n) is 8.36. The molecule has 0 atom stereocenters. The maximum Gasteiger partial charge on any atom is 0.246 e. The van der Waals surface area contributed by atoms with Gasteiger partial charge in [0, 0.05) is 51.2 Å². The van der Waals surface area contributed by atoms with Gasteiger partial charge < -0.3 is 4.90 Å². The molecule has 4 heteroatoms. The van der Waals surface area contributed by atoms with Crippen molar-refractivity contribution in [1.82, 2.24) is 14.8 Å². The van der Waals surface area contributed by atoms with E-state index in [4.69, 9.17) is 0 Å². The molecule has 1 saturated heterocycles. The van der Waals surface area contributed by atoms with Crippen molar-refractivity contribution in [2.75, 3.05) is 26.2 Å². The van der Waals surface area contributed by atoms with Gasteiger partial charge in [-0.25, -0.2) is 0 Å². The molecule has 0 aliphatic carbocycles. The summed E-state index contributed by atoms with van der Waals surface area (Å²) in [5.74, 6) is 0.0989. The van der Waals surface area contributed by atoms with Crippen LogP contribution >= 0.6 is 0 Å². The molecular weight excluding hydrogens is 298 g/mol. The van der Waals surface area contributed by atoms with Gasteiger partial charge in [0.2, 0.25) is 5.91 Å². The number of carbonyl (C=O) groups excluding carboxylic acids is 1. The van der Waals surface area contributed by atoms with Crippen molar-refractivity contribution in [3.8, 4) is 0 Å². The van der Waals surface area contributed by atoms with Crippen LogP contribution in [0.3, 0.4) is 0 Å². The lowest BCUT2D eigenvalue weighted by Crippen LogP contribution is -2.47. The van der Waals surface area contributed by atoms with Gasteiger partial charge in [-0.05, 0) is 41.8 Å². The van der Waals surface area contributed by atoms with Crippen LogP contribution in [0.15, 0.2) is 54.9 Å². The maximum atomic E-state index is 12.4. The molecule has 4 nitrogen and oxygen atoms in total. The smallest absolute Gasteiger partial charge is 0.246 e. The zero-order chi connectivity index (χ0) is 16.8. The van der Waals surface area contributed by atoms with Crippen LogP contribution in [0.5, 0.6) is 0 Å². The molecule has 124 valence electrons. The third kappa shape index (κ3) is 4.30. The van der Waals surface area contributed by atoms with E-state index >= 15 is 0 Å². The number of nitrogens with zero attached hydrogens (tertiary/aromatic N) is 3. The van der Waals surface area contributed by atoms with Gasteiger partial charge in [0.1, 0.15) is 0 Å². The minimum Gasteiger partial charge on any atom is -0.337 e. The van der Waals surface area contributed by atoms with Crippen molar-refractivity contribution < 1.29 is 4.79 Å². The number of hydrogen-bond donors (Lipinski definition) is 0. The molecule has 1 aliphatic heterocycles. The summed E-state index contributed by atoms with van der Waals surface area (Å²) in [4.78, 5) is 20.7. The predicted molar refractivity (Wildman–Crippen MR) is 96.3 cm³/mol. The molecule has 1 aromatic heterocycles. The van der Waals surface area contributed by atoms with Crippen LogP contribution < -0.4 is 0 Å². The number of hydrogen-bond acceptors (Lipinski definition) is 3. The Morgan fingerprint density at radius 2 is 1.79 bits per heavy atom. The highest BCUT2D eigenvalue weighted by Gasteiger charge is 2.19. The molecule has 2 heterocycles. The molecular formula is C20H23N3O. The van der Waals surface area contributed by atoms with E-state index in [-0.39, 0.29) is 5.91 Å². The highest BCUT2D eigenvalue weighted by molar-refractivity contribution is 5.92. The summed E-state index contributed by atoms with van der Waals surface area (Å²) in [6.07, 6.45) is 7.26. The Hall–Kier alpha value is -2.46. The van der Waals surface area contributed by atoms with Gasteiger partial charge in [0.25, 0.3) is 0 Å². The summed E-state index contributed by atoms with van der Waals surface area (Å²) < 4.78 is 0. The van der Waals surface area contributed by atoms with E-state index in [0.717, 1.165) is 38.3 Å². The van der Waals surface area contributed by atoms with Crippen molar-refractivity contribution in [3.05, 3.63) is 71.6 Å².